The second-order valence-corrected chi connectivity index (χ2v) is 7.06. The van der Waals surface area contributed by atoms with Gasteiger partial charge in [-0.15, -0.1) is 0 Å². The van der Waals surface area contributed by atoms with Crippen molar-refractivity contribution in [3.8, 4) is 0 Å². The zero-order valence-electron chi connectivity index (χ0n) is 13.5. The summed E-state index contributed by atoms with van der Waals surface area (Å²) < 4.78 is 0. The number of H-pyrrole nitrogens is 1. The Balaban J connectivity index is 1.58. The van der Waals surface area contributed by atoms with Crippen LogP contribution in [0.5, 0.6) is 0 Å². The standard InChI is InChI=1S/C19H20N4O/c24-19(12-3-4-12)23-9-1-2-13(11-23)14-5-7-20-16-10-22-18-15(17(14)16)6-8-21-18/h5-8,10,12-13H,1-4,9,11H2,(H,21,22). The first-order chi connectivity index (χ1) is 11.8. The summed E-state index contributed by atoms with van der Waals surface area (Å²) in [6, 6.07) is 4.20. The average Bonchev–Trinajstić information content (AvgIpc) is 3.37. The largest absolute Gasteiger partial charge is 0.346 e. The minimum absolute atomic E-state index is 0.304. The number of aromatic amines is 1. The number of piperidine rings is 1. The molecule has 0 bridgehead atoms. The van der Waals surface area contributed by atoms with Crippen molar-refractivity contribution in [2.45, 2.75) is 31.6 Å². The molecule has 1 aliphatic heterocycles. The SMILES string of the molecule is O=C(C1CC1)N1CCCC(c2ccnc3cnc4[nH]ccc4c23)C1. The fourth-order valence-corrected chi connectivity index (χ4v) is 4.04. The summed E-state index contributed by atoms with van der Waals surface area (Å²) in [7, 11) is 0. The van der Waals surface area contributed by atoms with Crippen LogP contribution >= 0.6 is 0 Å². The van der Waals surface area contributed by atoms with Gasteiger partial charge >= 0.3 is 0 Å². The van der Waals surface area contributed by atoms with E-state index in [1.54, 1.807) is 0 Å². The summed E-state index contributed by atoms with van der Waals surface area (Å²) >= 11 is 0. The van der Waals surface area contributed by atoms with Gasteiger partial charge in [0.05, 0.1) is 11.7 Å². The number of nitrogens with one attached hydrogen (secondary N) is 1. The van der Waals surface area contributed by atoms with Gasteiger partial charge in [0.2, 0.25) is 5.91 Å². The van der Waals surface area contributed by atoms with Crippen LogP contribution in [0.25, 0.3) is 21.9 Å². The zero-order chi connectivity index (χ0) is 16.1. The van der Waals surface area contributed by atoms with Gasteiger partial charge in [0.1, 0.15) is 5.65 Å². The lowest BCUT2D eigenvalue weighted by molar-refractivity contribution is -0.133. The Hall–Kier alpha value is -2.43. The normalized spacial score (nSPS) is 21.5. The number of carbonyl (C=O) groups excluding carboxylic acids is 1. The molecule has 24 heavy (non-hydrogen) atoms. The number of likely N-dealkylation sites (tertiary alicyclic amines) is 1. The monoisotopic (exact) mass is 320 g/mol. The minimum Gasteiger partial charge on any atom is -0.346 e. The summed E-state index contributed by atoms with van der Waals surface area (Å²) in [6.45, 7) is 1.75. The molecule has 3 aromatic heterocycles. The van der Waals surface area contributed by atoms with Crippen molar-refractivity contribution >= 4 is 27.8 Å². The Morgan fingerprint density at radius 2 is 2.12 bits per heavy atom. The predicted octanol–water partition coefficient (Wildman–Crippen LogP) is 3.23. The van der Waals surface area contributed by atoms with Crippen molar-refractivity contribution in [2.75, 3.05) is 13.1 Å². The van der Waals surface area contributed by atoms with Crippen molar-refractivity contribution in [2.24, 2.45) is 5.92 Å². The first-order valence-corrected chi connectivity index (χ1v) is 8.81. The van der Waals surface area contributed by atoms with Crippen molar-refractivity contribution in [3.05, 3.63) is 36.3 Å². The Bertz CT molecular complexity index is 927. The molecule has 3 aromatic rings. The third-order valence-corrected chi connectivity index (χ3v) is 5.42. The van der Waals surface area contributed by atoms with Crippen LogP contribution in [0, 0.1) is 5.92 Å². The van der Waals surface area contributed by atoms with Crippen LogP contribution in [0.1, 0.15) is 37.2 Å². The summed E-state index contributed by atoms with van der Waals surface area (Å²) in [4.78, 5) is 26.7. The number of hydrogen-bond donors (Lipinski definition) is 1. The molecule has 4 heterocycles. The zero-order valence-corrected chi connectivity index (χ0v) is 13.5. The number of nitrogens with zero attached hydrogens (tertiary/aromatic N) is 3. The molecule has 2 aliphatic rings. The van der Waals surface area contributed by atoms with Crippen LogP contribution in [0.4, 0.5) is 0 Å². The maximum absolute atomic E-state index is 12.5. The van der Waals surface area contributed by atoms with E-state index >= 15 is 0 Å². The van der Waals surface area contributed by atoms with Gasteiger partial charge in [0.15, 0.2) is 0 Å². The Labute approximate surface area is 140 Å². The molecule has 1 saturated heterocycles. The van der Waals surface area contributed by atoms with E-state index < -0.39 is 0 Å². The highest BCUT2D eigenvalue weighted by atomic mass is 16.2. The van der Waals surface area contributed by atoms with Crippen molar-refractivity contribution < 1.29 is 4.79 Å². The van der Waals surface area contributed by atoms with Crippen molar-refractivity contribution in [1.82, 2.24) is 19.9 Å². The van der Waals surface area contributed by atoms with Gasteiger partial charge in [0.25, 0.3) is 0 Å². The highest BCUT2D eigenvalue weighted by Crippen LogP contribution is 2.37. The van der Waals surface area contributed by atoms with Crippen LogP contribution in [-0.4, -0.2) is 38.8 Å². The summed E-state index contributed by atoms with van der Waals surface area (Å²) in [6.07, 6.45) is 10.0. The fraction of sp³-hybridized carbons (Fsp3) is 0.421. The molecule has 1 aliphatic carbocycles. The lowest BCUT2D eigenvalue weighted by Crippen LogP contribution is -2.40. The molecule has 0 aromatic carbocycles. The Kier molecular flexibility index (Phi) is 3.08. The van der Waals surface area contributed by atoms with Crippen LogP contribution in [-0.2, 0) is 4.79 Å². The molecule has 1 unspecified atom stereocenters. The van der Waals surface area contributed by atoms with Crippen LogP contribution < -0.4 is 0 Å². The Morgan fingerprint density at radius 3 is 3.00 bits per heavy atom. The second kappa shape index (κ2) is 5.30. The molecular formula is C19H20N4O. The van der Waals surface area contributed by atoms with Gasteiger partial charge in [-0.3, -0.25) is 9.78 Å². The summed E-state index contributed by atoms with van der Waals surface area (Å²) in [5.74, 6) is 1.05. The third-order valence-electron chi connectivity index (χ3n) is 5.42. The van der Waals surface area contributed by atoms with Crippen molar-refractivity contribution in [1.29, 1.82) is 0 Å². The maximum atomic E-state index is 12.5. The van der Waals surface area contributed by atoms with E-state index in [0.29, 0.717) is 17.7 Å². The van der Waals surface area contributed by atoms with E-state index in [4.69, 9.17) is 0 Å². The highest BCUT2D eigenvalue weighted by Gasteiger charge is 2.35. The molecule has 1 N–H and O–H groups in total. The van der Waals surface area contributed by atoms with Crippen molar-refractivity contribution in [3.63, 3.8) is 0 Å². The number of fused-ring (bicyclic) bond motifs is 3. The van der Waals surface area contributed by atoms with E-state index in [1.165, 1.54) is 10.9 Å². The molecule has 1 atom stereocenters. The first kappa shape index (κ1) is 14.0. The maximum Gasteiger partial charge on any atom is 0.225 e. The summed E-state index contributed by atoms with van der Waals surface area (Å²) in [5.41, 5.74) is 3.14. The molecule has 0 spiro atoms. The molecule has 1 amide bonds. The van der Waals surface area contributed by atoms with E-state index in [1.807, 2.05) is 18.6 Å². The smallest absolute Gasteiger partial charge is 0.225 e. The molecule has 5 rings (SSSR count). The van der Waals surface area contributed by atoms with Crippen LogP contribution in [0.15, 0.2) is 30.7 Å². The Morgan fingerprint density at radius 1 is 1.21 bits per heavy atom. The first-order valence-electron chi connectivity index (χ1n) is 8.81. The molecule has 2 fully saturated rings. The molecule has 122 valence electrons. The van der Waals surface area contributed by atoms with Gasteiger partial charge in [-0.25, -0.2) is 4.98 Å². The van der Waals surface area contributed by atoms with E-state index in [9.17, 15) is 4.79 Å². The van der Waals surface area contributed by atoms with E-state index in [-0.39, 0.29) is 0 Å². The molecule has 1 saturated carbocycles. The summed E-state index contributed by atoms with van der Waals surface area (Å²) in [5, 5.41) is 2.32. The predicted molar refractivity (Wildman–Crippen MR) is 92.7 cm³/mol. The number of rotatable bonds is 2. The van der Waals surface area contributed by atoms with Gasteiger partial charge < -0.3 is 9.88 Å². The van der Waals surface area contributed by atoms with Gasteiger partial charge in [-0.2, -0.15) is 0 Å². The van der Waals surface area contributed by atoms with E-state index in [0.717, 1.165) is 55.3 Å². The quantitative estimate of drug-likeness (QED) is 0.788. The lowest BCUT2D eigenvalue weighted by atomic mass is 9.88. The van der Waals surface area contributed by atoms with Gasteiger partial charge in [-0.05, 0) is 43.4 Å². The number of amides is 1. The van der Waals surface area contributed by atoms with Crippen LogP contribution in [0.2, 0.25) is 0 Å². The number of pyridine rings is 2. The molecule has 5 nitrogen and oxygen atoms in total. The topological polar surface area (TPSA) is 61.9 Å². The number of hydrogen-bond acceptors (Lipinski definition) is 3. The fourth-order valence-electron chi connectivity index (χ4n) is 4.04. The minimum atomic E-state index is 0.304. The highest BCUT2D eigenvalue weighted by molar-refractivity contribution is 6.05. The third kappa shape index (κ3) is 2.19. The van der Waals surface area contributed by atoms with Gasteiger partial charge in [0, 0.05) is 48.1 Å². The average molecular weight is 320 g/mol. The van der Waals surface area contributed by atoms with E-state index in [2.05, 4.69) is 32.0 Å². The molecule has 0 radical (unpaired) electrons. The van der Waals surface area contributed by atoms with Crippen LogP contribution in [0.3, 0.4) is 0 Å². The number of aromatic nitrogens is 3. The van der Waals surface area contributed by atoms with Gasteiger partial charge in [-0.1, -0.05) is 0 Å². The molecule has 5 heteroatoms. The lowest BCUT2D eigenvalue weighted by Gasteiger charge is -2.33. The molecular weight excluding hydrogens is 300 g/mol. The number of carbonyl (C=O) groups is 1. The second-order valence-electron chi connectivity index (χ2n) is 7.06.